The molecule has 0 spiro atoms. The van der Waals surface area contributed by atoms with Crippen LogP contribution in [0.4, 0.5) is 10.1 Å². The Morgan fingerprint density at radius 3 is 2.65 bits per heavy atom. The maximum atomic E-state index is 13.2. The Kier molecular flexibility index (Phi) is 5.62. The lowest BCUT2D eigenvalue weighted by atomic mass is 10.2. The summed E-state index contributed by atoms with van der Waals surface area (Å²) in [6.45, 7) is 4.65. The van der Waals surface area contributed by atoms with Gasteiger partial charge in [0.15, 0.2) is 5.65 Å². The third kappa shape index (κ3) is 4.09. The molecule has 2 heterocycles. The van der Waals surface area contributed by atoms with E-state index in [0.29, 0.717) is 23.3 Å². The van der Waals surface area contributed by atoms with Gasteiger partial charge in [0.2, 0.25) is 5.91 Å². The summed E-state index contributed by atoms with van der Waals surface area (Å²) < 4.78 is 16.1. The molecule has 31 heavy (non-hydrogen) atoms. The molecule has 0 fully saturated rings. The number of aromatic nitrogens is 4. The average Bonchev–Trinajstić information content (AvgIpc) is 3.19. The van der Waals surface area contributed by atoms with Crippen LogP contribution in [0.25, 0.3) is 16.7 Å². The number of benzene rings is 2. The van der Waals surface area contributed by atoms with Crippen molar-refractivity contribution in [2.45, 2.75) is 26.8 Å². The predicted molar refractivity (Wildman–Crippen MR) is 117 cm³/mol. The van der Waals surface area contributed by atoms with Gasteiger partial charge < -0.3 is 4.90 Å². The molecule has 0 bridgehead atoms. The molecule has 0 N–H and O–H groups in total. The Morgan fingerprint density at radius 1 is 1.16 bits per heavy atom. The van der Waals surface area contributed by atoms with Crippen molar-refractivity contribution < 1.29 is 9.18 Å². The van der Waals surface area contributed by atoms with Crippen LogP contribution in [-0.2, 0) is 11.3 Å². The molecule has 4 rings (SSSR count). The van der Waals surface area contributed by atoms with Gasteiger partial charge in [-0.1, -0.05) is 12.1 Å². The van der Waals surface area contributed by atoms with Gasteiger partial charge in [-0.15, -0.1) is 0 Å². The summed E-state index contributed by atoms with van der Waals surface area (Å²) in [4.78, 5) is 31.7. The molecule has 4 aromatic rings. The normalized spacial score (nSPS) is 11.1. The molecule has 0 saturated carbocycles. The molecular weight excluding hydrogens is 397 g/mol. The van der Waals surface area contributed by atoms with E-state index in [4.69, 9.17) is 0 Å². The molecule has 0 radical (unpaired) electrons. The van der Waals surface area contributed by atoms with Crippen LogP contribution in [0.2, 0.25) is 0 Å². The van der Waals surface area contributed by atoms with Crippen LogP contribution in [-0.4, -0.2) is 31.8 Å². The number of carbonyl (C=O) groups is 1. The second-order valence-electron chi connectivity index (χ2n) is 7.24. The van der Waals surface area contributed by atoms with Crippen molar-refractivity contribution in [3.8, 4) is 5.69 Å². The standard InChI is InChI=1S/C23H22FN5O2/c1-3-28(19-6-4-5-16(2)13-19)21(30)11-12-27-15-25-22-20(23(27)31)14-26-29(22)18-9-7-17(24)8-10-18/h4-10,13-15H,3,11-12H2,1-2H3. The Bertz CT molecular complexity index is 1290. The molecule has 1 amide bonds. The molecule has 0 unspecified atom stereocenters. The summed E-state index contributed by atoms with van der Waals surface area (Å²) in [5.41, 5.74) is 2.63. The Morgan fingerprint density at radius 2 is 1.94 bits per heavy atom. The van der Waals surface area contributed by atoms with Crippen molar-refractivity contribution in [2.75, 3.05) is 11.4 Å². The van der Waals surface area contributed by atoms with Gasteiger partial charge in [-0.25, -0.2) is 14.1 Å². The highest BCUT2D eigenvalue weighted by Gasteiger charge is 2.16. The molecule has 0 saturated heterocycles. The summed E-state index contributed by atoms with van der Waals surface area (Å²) in [5, 5.41) is 4.56. The van der Waals surface area contributed by atoms with Gasteiger partial charge in [0.25, 0.3) is 5.56 Å². The zero-order valence-corrected chi connectivity index (χ0v) is 17.3. The molecule has 2 aromatic heterocycles. The molecule has 0 aliphatic rings. The lowest BCUT2D eigenvalue weighted by molar-refractivity contribution is -0.118. The van der Waals surface area contributed by atoms with Gasteiger partial charge in [0.1, 0.15) is 11.2 Å². The number of fused-ring (bicyclic) bond motifs is 1. The van der Waals surface area contributed by atoms with Gasteiger partial charge in [0.05, 0.1) is 18.2 Å². The highest BCUT2D eigenvalue weighted by atomic mass is 19.1. The van der Waals surface area contributed by atoms with E-state index < -0.39 is 0 Å². The first-order chi connectivity index (χ1) is 15.0. The molecule has 8 heteroatoms. The fraction of sp³-hybridized carbons (Fsp3) is 0.217. The van der Waals surface area contributed by atoms with Crippen molar-refractivity contribution in [1.29, 1.82) is 0 Å². The van der Waals surface area contributed by atoms with Crippen LogP contribution in [0.15, 0.2) is 65.8 Å². The number of aryl methyl sites for hydroxylation is 2. The van der Waals surface area contributed by atoms with Crippen LogP contribution in [0.5, 0.6) is 0 Å². The second-order valence-corrected chi connectivity index (χ2v) is 7.24. The minimum atomic E-state index is -0.355. The van der Waals surface area contributed by atoms with E-state index in [2.05, 4.69) is 10.1 Å². The van der Waals surface area contributed by atoms with Gasteiger partial charge in [-0.3, -0.25) is 14.2 Å². The van der Waals surface area contributed by atoms with Gasteiger partial charge in [0, 0.05) is 25.2 Å². The number of carbonyl (C=O) groups excluding carboxylic acids is 1. The van der Waals surface area contributed by atoms with Crippen LogP contribution in [0.3, 0.4) is 0 Å². The quantitative estimate of drug-likeness (QED) is 0.480. The van der Waals surface area contributed by atoms with Crippen molar-refractivity contribution in [3.05, 3.63) is 82.8 Å². The first kappa shape index (κ1) is 20.5. The third-order valence-electron chi connectivity index (χ3n) is 5.12. The predicted octanol–water partition coefficient (Wildman–Crippen LogP) is 3.47. The van der Waals surface area contributed by atoms with E-state index in [1.807, 2.05) is 38.1 Å². The number of anilines is 1. The van der Waals surface area contributed by atoms with Gasteiger partial charge in [-0.05, 0) is 55.8 Å². The van der Waals surface area contributed by atoms with Crippen molar-refractivity contribution >= 4 is 22.6 Å². The van der Waals surface area contributed by atoms with E-state index >= 15 is 0 Å². The molecule has 7 nitrogen and oxygen atoms in total. The molecule has 0 aliphatic carbocycles. The molecule has 2 aromatic carbocycles. The van der Waals surface area contributed by atoms with E-state index in [1.54, 1.807) is 17.0 Å². The summed E-state index contributed by atoms with van der Waals surface area (Å²) in [5.74, 6) is -0.422. The Labute approximate surface area is 178 Å². The van der Waals surface area contributed by atoms with Crippen LogP contribution in [0, 0.1) is 12.7 Å². The average molecular weight is 419 g/mol. The lowest BCUT2D eigenvalue weighted by Gasteiger charge is -2.21. The first-order valence-corrected chi connectivity index (χ1v) is 10.0. The molecule has 0 atom stereocenters. The zero-order valence-electron chi connectivity index (χ0n) is 17.3. The van der Waals surface area contributed by atoms with Gasteiger partial charge >= 0.3 is 0 Å². The van der Waals surface area contributed by atoms with Crippen LogP contribution >= 0.6 is 0 Å². The maximum absolute atomic E-state index is 13.2. The number of hydrogen-bond acceptors (Lipinski definition) is 4. The SMILES string of the molecule is CCN(C(=O)CCn1cnc2c(cnn2-c2ccc(F)cc2)c1=O)c1cccc(C)c1. The smallest absolute Gasteiger partial charge is 0.264 e. The Balaban J connectivity index is 1.55. The van der Waals surface area contributed by atoms with Gasteiger partial charge in [-0.2, -0.15) is 5.10 Å². The topological polar surface area (TPSA) is 73.0 Å². The monoisotopic (exact) mass is 419 g/mol. The first-order valence-electron chi connectivity index (χ1n) is 10.0. The van der Waals surface area contributed by atoms with Crippen molar-refractivity contribution in [2.24, 2.45) is 0 Å². The fourth-order valence-corrected chi connectivity index (χ4v) is 3.53. The second kappa shape index (κ2) is 8.51. The largest absolute Gasteiger partial charge is 0.313 e. The summed E-state index contributed by atoms with van der Waals surface area (Å²) >= 11 is 0. The highest BCUT2D eigenvalue weighted by molar-refractivity contribution is 5.93. The maximum Gasteiger partial charge on any atom is 0.264 e. The summed E-state index contributed by atoms with van der Waals surface area (Å²) in [6, 6.07) is 13.5. The van der Waals surface area contributed by atoms with Crippen molar-refractivity contribution in [1.82, 2.24) is 19.3 Å². The fourth-order valence-electron chi connectivity index (χ4n) is 3.53. The lowest BCUT2D eigenvalue weighted by Crippen LogP contribution is -2.32. The van der Waals surface area contributed by atoms with E-state index in [9.17, 15) is 14.0 Å². The van der Waals surface area contributed by atoms with E-state index in [1.165, 1.54) is 33.9 Å². The minimum Gasteiger partial charge on any atom is -0.313 e. The molecule has 0 aliphatic heterocycles. The minimum absolute atomic E-state index is 0.0675. The highest BCUT2D eigenvalue weighted by Crippen LogP contribution is 2.17. The third-order valence-corrected chi connectivity index (χ3v) is 5.12. The van der Waals surface area contributed by atoms with Crippen molar-refractivity contribution in [3.63, 3.8) is 0 Å². The van der Waals surface area contributed by atoms with E-state index in [-0.39, 0.29) is 30.2 Å². The summed E-state index contributed by atoms with van der Waals surface area (Å²) in [6.07, 6.45) is 3.03. The number of nitrogens with zero attached hydrogens (tertiary/aromatic N) is 5. The Hall–Kier alpha value is -3.81. The number of halogens is 1. The zero-order chi connectivity index (χ0) is 22.0. The summed E-state index contributed by atoms with van der Waals surface area (Å²) in [7, 11) is 0. The van der Waals surface area contributed by atoms with Crippen LogP contribution in [0.1, 0.15) is 18.9 Å². The molecule has 158 valence electrons. The van der Waals surface area contributed by atoms with Crippen LogP contribution < -0.4 is 10.5 Å². The number of hydrogen-bond donors (Lipinski definition) is 0. The van der Waals surface area contributed by atoms with E-state index in [0.717, 1.165) is 11.3 Å². The molecular formula is C23H22FN5O2. The number of rotatable bonds is 6. The number of amides is 1.